The maximum Gasteiger partial charge on any atom is 0.253 e. The Morgan fingerprint density at radius 3 is 2.88 bits per heavy atom. The van der Waals surface area contributed by atoms with E-state index in [2.05, 4.69) is 17.2 Å². The molecule has 0 radical (unpaired) electrons. The van der Waals surface area contributed by atoms with Gasteiger partial charge < -0.3 is 10.1 Å². The highest BCUT2D eigenvalue weighted by Gasteiger charge is 2.11. The van der Waals surface area contributed by atoms with Gasteiger partial charge >= 0.3 is 0 Å². The summed E-state index contributed by atoms with van der Waals surface area (Å²) >= 11 is 1.67. The predicted molar refractivity (Wildman–Crippen MR) is 65.7 cm³/mol. The standard InChI is InChI=1S/C11H16N2O2S/c1-4-16-10-6-5-9(7-12-10)13-11(14)8(2)15-3/h5-8H,4H2,1-3H3,(H,13,14)/t8-/m1/s1. The minimum atomic E-state index is -0.454. The molecule has 0 saturated heterocycles. The van der Waals surface area contributed by atoms with E-state index in [0.717, 1.165) is 10.8 Å². The number of methoxy groups -OCH3 is 1. The Morgan fingerprint density at radius 1 is 1.62 bits per heavy atom. The van der Waals surface area contributed by atoms with Crippen molar-refractivity contribution in [1.29, 1.82) is 0 Å². The number of hydrogen-bond acceptors (Lipinski definition) is 4. The summed E-state index contributed by atoms with van der Waals surface area (Å²) in [4.78, 5) is 15.7. The van der Waals surface area contributed by atoms with Crippen molar-refractivity contribution in [2.75, 3.05) is 18.2 Å². The van der Waals surface area contributed by atoms with Crippen LogP contribution in [0.4, 0.5) is 5.69 Å². The van der Waals surface area contributed by atoms with E-state index in [1.807, 2.05) is 12.1 Å². The van der Waals surface area contributed by atoms with Crippen LogP contribution in [0.3, 0.4) is 0 Å². The number of carbonyl (C=O) groups is 1. The van der Waals surface area contributed by atoms with Crippen LogP contribution < -0.4 is 5.32 Å². The zero-order chi connectivity index (χ0) is 12.0. The van der Waals surface area contributed by atoms with Crippen molar-refractivity contribution < 1.29 is 9.53 Å². The molecule has 1 atom stereocenters. The van der Waals surface area contributed by atoms with Gasteiger partial charge in [-0.05, 0) is 24.8 Å². The Morgan fingerprint density at radius 2 is 2.38 bits per heavy atom. The van der Waals surface area contributed by atoms with E-state index in [1.54, 1.807) is 24.9 Å². The molecule has 0 fully saturated rings. The second-order valence-electron chi connectivity index (χ2n) is 3.19. The summed E-state index contributed by atoms with van der Waals surface area (Å²) in [6.45, 7) is 3.77. The van der Waals surface area contributed by atoms with Gasteiger partial charge in [-0.2, -0.15) is 0 Å². The van der Waals surface area contributed by atoms with Gasteiger partial charge in [0.25, 0.3) is 5.91 Å². The molecule has 0 aromatic carbocycles. The molecule has 5 heteroatoms. The maximum atomic E-state index is 11.5. The molecular formula is C11H16N2O2S. The van der Waals surface area contributed by atoms with Crippen molar-refractivity contribution in [1.82, 2.24) is 4.98 Å². The number of anilines is 1. The van der Waals surface area contributed by atoms with Crippen molar-refractivity contribution >= 4 is 23.4 Å². The van der Waals surface area contributed by atoms with Crippen LogP contribution in [-0.4, -0.2) is 29.9 Å². The summed E-state index contributed by atoms with van der Waals surface area (Å²) in [5.74, 6) is 0.819. The third kappa shape index (κ3) is 3.83. The monoisotopic (exact) mass is 240 g/mol. The van der Waals surface area contributed by atoms with Gasteiger partial charge in [-0.25, -0.2) is 4.98 Å². The largest absolute Gasteiger partial charge is 0.372 e. The van der Waals surface area contributed by atoms with Gasteiger partial charge in [0.05, 0.1) is 16.9 Å². The highest BCUT2D eigenvalue weighted by atomic mass is 32.2. The molecule has 1 aromatic rings. The number of nitrogens with one attached hydrogen (secondary N) is 1. The molecule has 0 unspecified atom stereocenters. The second-order valence-corrected chi connectivity index (χ2v) is 4.47. The molecule has 1 aromatic heterocycles. The summed E-state index contributed by atoms with van der Waals surface area (Å²) in [5, 5.41) is 3.68. The van der Waals surface area contributed by atoms with Gasteiger partial charge in [-0.1, -0.05) is 6.92 Å². The molecule has 0 aliphatic heterocycles. The Hall–Kier alpha value is -1.07. The lowest BCUT2D eigenvalue weighted by molar-refractivity contribution is -0.124. The lowest BCUT2D eigenvalue weighted by atomic mass is 10.3. The first-order valence-corrected chi connectivity index (χ1v) is 6.08. The van der Waals surface area contributed by atoms with Gasteiger partial charge in [0.2, 0.25) is 0 Å². The Labute approximate surface area is 99.8 Å². The molecule has 16 heavy (non-hydrogen) atoms. The second kappa shape index (κ2) is 6.50. The van der Waals surface area contributed by atoms with Crippen LogP contribution in [0.15, 0.2) is 23.4 Å². The number of ether oxygens (including phenoxy) is 1. The third-order valence-electron chi connectivity index (χ3n) is 2.02. The van der Waals surface area contributed by atoms with Crippen LogP contribution in [0.1, 0.15) is 13.8 Å². The molecule has 88 valence electrons. The molecule has 0 spiro atoms. The van der Waals surface area contributed by atoms with Gasteiger partial charge in [0, 0.05) is 7.11 Å². The molecule has 1 heterocycles. The minimum absolute atomic E-state index is 0.166. The summed E-state index contributed by atoms with van der Waals surface area (Å²) in [6.07, 6.45) is 1.20. The zero-order valence-corrected chi connectivity index (χ0v) is 10.5. The molecule has 0 saturated carbocycles. The first-order chi connectivity index (χ1) is 7.67. The Bertz CT molecular complexity index is 340. The maximum absolute atomic E-state index is 11.5. The van der Waals surface area contributed by atoms with Crippen LogP contribution in [0.5, 0.6) is 0 Å². The van der Waals surface area contributed by atoms with Crippen molar-refractivity contribution in [2.24, 2.45) is 0 Å². The number of thioether (sulfide) groups is 1. The fourth-order valence-electron chi connectivity index (χ4n) is 1.04. The minimum Gasteiger partial charge on any atom is -0.372 e. The van der Waals surface area contributed by atoms with Crippen molar-refractivity contribution in [3.63, 3.8) is 0 Å². The number of carbonyl (C=O) groups excluding carboxylic acids is 1. The van der Waals surface area contributed by atoms with Gasteiger partial charge in [0.1, 0.15) is 6.10 Å². The highest BCUT2D eigenvalue weighted by molar-refractivity contribution is 7.99. The van der Waals surface area contributed by atoms with Crippen LogP contribution in [0, 0.1) is 0 Å². The lowest BCUT2D eigenvalue weighted by Gasteiger charge is -2.10. The number of pyridine rings is 1. The van der Waals surface area contributed by atoms with E-state index in [1.165, 1.54) is 7.11 Å². The smallest absolute Gasteiger partial charge is 0.253 e. The van der Waals surface area contributed by atoms with E-state index in [9.17, 15) is 4.79 Å². The molecular weight excluding hydrogens is 224 g/mol. The van der Waals surface area contributed by atoms with Crippen molar-refractivity contribution in [2.45, 2.75) is 25.0 Å². The summed E-state index contributed by atoms with van der Waals surface area (Å²) in [5.41, 5.74) is 0.689. The van der Waals surface area contributed by atoms with E-state index in [-0.39, 0.29) is 5.91 Å². The van der Waals surface area contributed by atoms with Gasteiger partial charge in [-0.15, -0.1) is 11.8 Å². The number of amides is 1. The van der Waals surface area contributed by atoms with E-state index in [0.29, 0.717) is 5.69 Å². The first-order valence-electron chi connectivity index (χ1n) is 5.10. The molecule has 4 nitrogen and oxygen atoms in total. The summed E-state index contributed by atoms with van der Waals surface area (Å²) < 4.78 is 4.91. The van der Waals surface area contributed by atoms with Gasteiger partial charge in [0.15, 0.2) is 0 Å². The van der Waals surface area contributed by atoms with Crippen molar-refractivity contribution in [3.8, 4) is 0 Å². The average molecular weight is 240 g/mol. The van der Waals surface area contributed by atoms with Crippen LogP contribution >= 0.6 is 11.8 Å². The quantitative estimate of drug-likeness (QED) is 0.801. The number of nitrogens with zero attached hydrogens (tertiary/aromatic N) is 1. The molecule has 0 aliphatic rings. The van der Waals surface area contributed by atoms with Crippen LogP contribution in [-0.2, 0) is 9.53 Å². The Kier molecular flexibility index (Phi) is 5.28. The van der Waals surface area contributed by atoms with E-state index < -0.39 is 6.10 Å². The SMILES string of the molecule is CCSc1ccc(NC(=O)[C@@H](C)OC)cn1. The zero-order valence-electron chi connectivity index (χ0n) is 9.69. The normalized spacial score (nSPS) is 12.2. The van der Waals surface area contributed by atoms with E-state index in [4.69, 9.17) is 4.74 Å². The Balaban J connectivity index is 2.58. The van der Waals surface area contributed by atoms with E-state index >= 15 is 0 Å². The topological polar surface area (TPSA) is 51.2 Å². The van der Waals surface area contributed by atoms with Crippen LogP contribution in [0.2, 0.25) is 0 Å². The molecule has 0 aliphatic carbocycles. The van der Waals surface area contributed by atoms with Crippen molar-refractivity contribution in [3.05, 3.63) is 18.3 Å². The molecule has 1 rings (SSSR count). The summed E-state index contributed by atoms with van der Waals surface area (Å²) in [6, 6.07) is 3.73. The highest BCUT2D eigenvalue weighted by Crippen LogP contribution is 2.16. The number of aromatic nitrogens is 1. The predicted octanol–water partition coefficient (Wildman–Crippen LogP) is 2.17. The number of hydrogen-bond donors (Lipinski definition) is 1. The third-order valence-corrected chi connectivity index (χ3v) is 2.84. The van der Waals surface area contributed by atoms with Gasteiger partial charge in [-0.3, -0.25) is 4.79 Å². The van der Waals surface area contributed by atoms with Crippen LogP contribution in [0.25, 0.3) is 0 Å². The number of rotatable bonds is 5. The fraction of sp³-hybridized carbons (Fsp3) is 0.455. The average Bonchev–Trinajstić information content (AvgIpc) is 2.31. The first kappa shape index (κ1) is 13.0. The molecule has 1 N–H and O–H groups in total. The molecule has 0 bridgehead atoms. The lowest BCUT2D eigenvalue weighted by Crippen LogP contribution is -2.26. The fourth-order valence-corrected chi connectivity index (χ4v) is 1.63. The summed E-state index contributed by atoms with van der Waals surface area (Å²) in [7, 11) is 1.50. The molecule has 1 amide bonds.